The quantitative estimate of drug-likeness (QED) is 0.819. The maximum absolute atomic E-state index is 13.8. The van der Waals surface area contributed by atoms with Gasteiger partial charge in [0.2, 0.25) is 0 Å². The highest BCUT2D eigenvalue weighted by atomic mass is 79.9. The van der Waals surface area contributed by atoms with E-state index >= 15 is 0 Å². The zero-order valence-corrected chi connectivity index (χ0v) is 15.7. The summed E-state index contributed by atoms with van der Waals surface area (Å²) in [5.74, 6) is 0.698. The fourth-order valence-electron chi connectivity index (χ4n) is 2.47. The molecule has 1 aromatic heterocycles. The molecule has 0 atom stereocenters. The molecule has 3 rings (SSSR count). The number of thioether (sulfide) groups is 1. The lowest BCUT2D eigenvalue weighted by molar-refractivity contribution is 0.531. The van der Waals surface area contributed by atoms with Crippen LogP contribution in [0.4, 0.5) is 4.39 Å². The molecule has 0 radical (unpaired) electrons. The van der Waals surface area contributed by atoms with Crippen LogP contribution in [0.1, 0.15) is 32.5 Å². The summed E-state index contributed by atoms with van der Waals surface area (Å²) in [6.07, 6.45) is 2.26. The monoisotopic (exact) mass is 401 g/mol. The fourth-order valence-corrected chi connectivity index (χ4v) is 3.98. The minimum Gasteiger partial charge on any atom is -0.317 e. The largest absolute Gasteiger partial charge is 0.317 e. The number of nitrogens with zero attached hydrogens (tertiary/aromatic N) is 1. The number of rotatable bonds is 3. The van der Waals surface area contributed by atoms with E-state index in [9.17, 15) is 9.18 Å². The van der Waals surface area contributed by atoms with Gasteiger partial charge in [-0.3, -0.25) is 4.79 Å². The van der Waals surface area contributed by atoms with Crippen molar-refractivity contribution in [3.05, 3.63) is 38.6 Å². The zero-order chi connectivity index (χ0) is 16.8. The van der Waals surface area contributed by atoms with Crippen molar-refractivity contribution < 1.29 is 4.39 Å². The number of hydrogen-bond donors (Lipinski definition) is 2. The van der Waals surface area contributed by atoms with Gasteiger partial charge in [0.25, 0.3) is 5.56 Å². The number of halogens is 2. The van der Waals surface area contributed by atoms with Crippen molar-refractivity contribution in [3.63, 3.8) is 0 Å². The molecule has 0 bridgehead atoms. The van der Waals surface area contributed by atoms with Crippen LogP contribution in [0.2, 0.25) is 0 Å². The normalized spacial score (nSPS) is 15.3. The Balaban J connectivity index is 0.000000924. The summed E-state index contributed by atoms with van der Waals surface area (Å²) in [6.45, 7) is 6.08. The van der Waals surface area contributed by atoms with E-state index in [-0.39, 0.29) is 5.39 Å². The Bertz CT molecular complexity index is 716. The minimum atomic E-state index is -0.550. The molecule has 2 aromatic rings. The van der Waals surface area contributed by atoms with Gasteiger partial charge in [-0.1, -0.05) is 29.8 Å². The highest BCUT2D eigenvalue weighted by molar-refractivity contribution is 9.10. The molecular weight excluding hydrogens is 381 g/mol. The van der Waals surface area contributed by atoms with Gasteiger partial charge in [-0.05, 0) is 38.1 Å². The third kappa shape index (κ3) is 4.78. The summed E-state index contributed by atoms with van der Waals surface area (Å²) in [5, 5.41) is 3.94. The molecular formula is C16H21BrFN3OS. The van der Waals surface area contributed by atoms with Crippen molar-refractivity contribution in [2.75, 3.05) is 13.1 Å². The van der Waals surface area contributed by atoms with Gasteiger partial charge in [0, 0.05) is 9.72 Å². The van der Waals surface area contributed by atoms with Crippen LogP contribution in [0.15, 0.2) is 21.4 Å². The van der Waals surface area contributed by atoms with Gasteiger partial charge >= 0.3 is 0 Å². The van der Waals surface area contributed by atoms with Crippen LogP contribution in [0.5, 0.6) is 0 Å². The van der Waals surface area contributed by atoms with Gasteiger partial charge in [0.05, 0.1) is 11.3 Å². The molecule has 1 aliphatic rings. The lowest BCUT2D eigenvalue weighted by Gasteiger charge is -2.21. The Labute approximate surface area is 147 Å². The first-order valence-corrected chi connectivity index (χ1v) is 9.68. The van der Waals surface area contributed by atoms with Gasteiger partial charge in [0.15, 0.2) is 0 Å². The van der Waals surface area contributed by atoms with Gasteiger partial charge < -0.3 is 10.3 Å². The molecule has 2 heterocycles. The summed E-state index contributed by atoms with van der Waals surface area (Å²) in [6, 6.07) is 2.95. The Kier molecular flexibility index (Phi) is 7.05. The molecule has 0 saturated carbocycles. The molecule has 1 fully saturated rings. The summed E-state index contributed by atoms with van der Waals surface area (Å²) in [7, 11) is 0. The number of hydrogen-bond acceptors (Lipinski definition) is 4. The Morgan fingerprint density at radius 2 is 2.04 bits per heavy atom. The van der Waals surface area contributed by atoms with Gasteiger partial charge in [-0.15, -0.1) is 0 Å². The topological polar surface area (TPSA) is 57.8 Å². The average Bonchev–Trinajstić information content (AvgIpc) is 2.55. The molecule has 0 aliphatic carbocycles. The van der Waals surface area contributed by atoms with Crippen molar-refractivity contribution in [3.8, 4) is 0 Å². The van der Waals surface area contributed by atoms with Crippen LogP contribution in [-0.2, 0) is 5.75 Å². The van der Waals surface area contributed by atoms with Crippen LogP contribution in [0.3, 0.4) is 0 Å². The van der Waals surface area contributed by atoms with Gasteiger partial charge in [-0.2, -0.15) is 11.8 Å². The molecule has 23 heavy (non-hydrogen) atoms. The molecule has 0 spiro atoms. The lowest BCUT2D eigenvalue weighted by atomic mass is 10.2. The van der Waals surface area contributed by atoms with E-state index in [0.717, 1.165) is 25.9 Å². The van der Waals surface area contributed by atoms with Crippen molar-refractivity contribution in [2.45, 2.75) is 37.7 Å². The van der Waals surface area contributed by atoms with E-state index in [1.807, 2.05) is 13.8 Å². The van der Waals surface area contributed by atoms with E-state index in [1.54, 1.807) is 17.8 Å². The molecule has 1 aromatic carbocycles. The summed E-state index contributed by atoms with van der Waals surface area (Å²) in [4.78, 5) is 19.1. The molecule has 4 nitrogen and oxygen atoms in total. The van der Waals surface area contributed by atoms with Crippen molar-refractivity contribution in [1.29, 1.82) is 0 Å². The first-order chi connectivity index (χ1) is 11.1. The second kappa shape index (κ2) is 8.80. The third-order valence-corrected chi connectivity index (χ3v) is 5.36. The molecule has 2 N–H and O–H groups in total. The van der Waals surface area contributed by atoms with Crippen molar-refractivity contribution >= 4 is 38.6 Å². The van der Waals surface area contributed by atoms with Crippen molar-refractivity contribution in [1.82, 2.24) is 15.3 Å². The minimum absolute atomic E-state index is 0.0221. The van der Waals surface area contributed by atoms with Crippen molar-refractivity contribution in [2.24, 2.45) is 0 Å². The number of piperidine rings is 1. The van der Waals surface area contributed by atoms with Crippen LogP contribution in [0, 0.1) is 5.82 Å². The van der Waals surface area contributed by atoms with Crippen LogP contribution < -0.4 is 10.9 Å². The molecule has 7 heteroatoms. The molecule has 1 aliphatic heterocycles. The summed E-state index contributed by atoms with van der Waals surface area (Å²) in [5.41, 5.74) is -0.0163. The Morgan fingerprint density at radius 1 is 1.35 bits per heavy atom. The highest BCUT2D eigenvalue weighted by Crippen LogP contribution is 2.24. The first kappa shape index (κ1) is 18.4. The second-order valence-corrected chi connectivity index (χ2v) is 7.26. The Hall–Kier alpha value is -0.920. The van der Waals surface area contributed by atoms with Crippen LogP contribution >= 0.6 is 27.7 Å². The predicted molar refractivity (Wildman–Crippen MR) is 98.6 cm³/mol. The zero-order valence-electron chi connectivity index (χ0n) is 13.3. The van der Waals surface area contributed by atoms with Gasteiger partial charge in [0.1, 0.15) is 17.0 Å². The summed E-state index contributed by atoms with van der Waals surface area (Å²) < 4.78 is 14.4. The maximum atomic E-state index is 13.8. The highest BCUT2D eigenvalue weighted by Gasteiger charge is 2.15. The number of H-pyrrole nitrogens is 1. The van der Waals surface area contributed by atoms with Crippen LogP contribution in [0.25, 0.3) is 10.9 Å². The number of nitrogens with one attached hydrogen (secondary N) is 2. The van der Waals surface area contributed by atoms with E-state index < -0.39 is 11.4 Å². The molecule has 126 valence electrons. The van der Waals surface area contributed by atoms with E-state index in [2.05, 4.69) is 31.2 Å². The fraction of sp³-hybridized carbons (Fsp3) is 0.500. The number of fused-ring (bicyclic) bond motifs is 1. The second-order valence-electron chi connectivity index (χ2n) is 5.05. The standard InChI is InChI=1S/C14H15BrFN3OS.C2H6/c15-8-5-10(16)13-11(6-8)18-12(19-14(13)20)7-21-9-1-3-17-4-2-9;1-2/h5-6,9,17H,1-4,7H2,(H,18,19,20);1-2H3. The van der Waals surface area contributed by atoms with E-state index in [1.165, 1.54) is 6.07 Å². The summed E-state index contributed by atoms with van der Waals surface area (Å²) >= 11 is 5.03. The lowest BCUT2D eigenvalue weighted by Crippen LogP contribution is -2.29. The SMILES string of the molecule is CC.O=c1[nH]c(CSC2CCNCC2)nc2cc(Br)cc(F)c12. The number of benzene rings is 1. The third-order valence-electron chi connectivity index (χ3n) is 3.52. The molecule has 0 amide bonds. The predicted octanol–water partition coefficient (Wildman–Crippen LogP) is 3.84. The van der Waals surface area contributed by atoms with Crippen LogP contribution in [-0.4, -0.2) is 28.3 Å². The molecule has 0 unspecified atom stereocenters. The van der Waals surface area contributed by atoms with E-state index in [0.29, 0.717) is 26.8 Å². The average molecular weight is 402 g/mol. The van der Waals surface area contributed by atoms with E-state index in [4.69, 9.17) is 0 Å². The number of aromatic amines is 1. The van der Waals surface area contributed by atoms with Gasteiger partial charge in [-0.25, -0.2) is 9.37 Å². The maximum Gasteiger partial charge on any atom is 0.261 e. The smallest absolute Gasteiger partial charge is 0.261 e. The first-order valence-electron chi connectivity index (χ1n) is 7.84. The molecule has 1 saturated heterocycles. The number of aromatic nitrogens is 2. The Morgan fingerprint density at radius 3 is 2.74 bits per heavy atom.